The molecule has 0 fully saturated rings. The molecule has 1 unspecified atom stereocenters. The first-order chi connectivity index (χ1) is 12.9. The van der Waals surface area contributed by atoms with Crippen molar-refractivity contribution in [2.45, 2.75) is 23.5 Å². The second kappa shape index (κ2) is 6.61. The molecule has 0 aliphatic carbocycles. The number of thioether (sulfide) groups is 1. The number of fused-ring (bicyclic) bond motifs is 2. The van der Waals surface area contributed by atoms with Gasteiger partial charge in [-0.25, -0.2) is 9.37 Å². The third-order valence-electron chi connectivity index (χ3n) is 4.44. The molecule has 0 radical (unpaired) electrons. The smallest absolute Gasteiger partial charge is 0.252 e. The Labute approximate surface area is 163 Å². The largest absolute Gasteiger partial charge is 0.310 e. The summed E-state index contributed by atoms with van der Waals surface area (Å²) in [5.74, 6) is -1.06. The van der Waals surface area contributed by atoms with E-state index in [-0.39, 0.29) is 11.7 Å². The molecule has 0 bridgehead atoms. The van der Waals surface area contributed by atoms with E-state index < -0.39 is 10.7 Å². The zero-order valence-electron chi connectivity index (χ0n) is 14.7. The van der Waals surface area contributed by atoms with Gasteiger partial charge in [-0.1, -0.05) is 35.2 Å². The number of halogens is 1. The average molecular weight is 401 g/mol. The fourth-order valence-corrected chi connectivity index (χ4v) is 5.12. The van der Waals surface area contributed by atoms with E-state index in [0.717, 1.165) is 10.6 Å². The molecule has 1 aliphatic heterocycles. The van der Waals surface area contributed by atoms with Crippen molar-refractivity contribution in [3.63, 3.8) is 0 Å². The van der Waals surface area contributed by atoms with Crippen LogP contribution in [0.2, 0.25) is 0 Å². The molecule has 8 heteroatoms. The summed E-state index contributed by atoms with van der Waals surface area (Å²) in [6.07, 6.45) is 0. The highest BCUT2D eigenvalue weighted by molar-refractivity contribution is 8.02. The van der Waals surface area contributed by atoms with E-state index in [0.29, 0.717) is 21.9 Å². The van der Waals surface area contributed by atoms with Gasteiger partial charge in [-0.3, -0.25) is 9.59 Å². The molecule has 0 spiro atoms. The van der Waals surface area contributed by atoms with Gasteiger partial charge in [0.2, 0.25) is 0 Å². The van der Waals surface area contributed by atoms with Crippen molar-refractivity contribution in [1.29, 1.82) is 0 Å². The summed E-state index contributed by atoms with van der Waals surface area (Å²) in [6, 6.07) is 11.8. The molecule has 2 amide bonds. The first kappa shape index (κ1) is 17.9. The lowest BCUT2D eigenvalue weighted by Gasteiger charge is -2.38. The topological polar surface area (TPSA) is 62.3 Å². The quantitative estimate of drug-likeness (QED) is 0.665. The molecule has 4 rings (SSSR count). The van der Waals surface area contributed by atoms with Crippen molar-refractivity contribution in [3.8, 4) is 0 Å². The molecule has 3 aromatic rings. The maximum Gasteiger partial charge on any atom is 0.252 e. The molecule has 0 saturated carbocycles. The van der Waals surface area contributed by atoms with Crippen LogP contribution in [0.15, 0.2) is 47.4 Å². The van der Waals surface area contributed by atoms with E-state index >= 15 is 0 Å². The Kier molecular flexibility index (Phi) is 4.39. The molecular formula is C19H16FN3O2S2. The Bertz CT molecular complexity index is 1070. The summed E-state index contributed by atoms with van der Waals surface area (Å²) in [5, 5.41) is 3.09. The number of benzene rings is 2. The number of amides is 2. The summed E-state index contributed by atoms with van der Waals surface area (Å²) < 4.78 is 12.7. The van der Waals surface area contributed by atoms with Crippen LogP contribution < -0.4 is 10.2 Å². The van der Waals surface area contributed by atoms with Crippen molar-refractivity contribution < 1.29 is 14.0 Å². The zero-order valence-corrected chi connectivity index (χ0v) is 16.3. The summed E-state index contributed by atoms with van der Waals surface area (Å²) in [5.41, 5.74) is 1.42. The number of anilines is 2. The first-order valence-electron chi connectivity index (χ1n) is 8.40. The van der Waals surface area contributed by atoms with Crippen LogP contribution in [0, 0.1) is 5.82 Å². The lowest BCUT2D eigenvalue weighted by Crippen LogP contribution is -2.54. The standard InChI is InChI=1S/C19H16FN3O2S2/c1-3-23-13-6-4-5-7-14(13)27-19(2,17(23)25)16(24)22-18-21-12-9-8-11(20)10-15(12)26-18/h4-10H,3H2,1-2H3,(H,21,22,24). The highest BCUT2D eigenvalue weighted by Crippen LogP contribution is 2.45. The lowest BCUT2D eigenvalue weighted by atomic mass is 10.1. The van der Waals surface area contributed by atoms with Gasteiger partial charge in [0.1, 0.15) is 5.82 Å². The Morgan fingerprint density at radius 1 is 1.30 bits per heavy atom. The van der Waals surface area contributed by atoms with Crippen LogP contribution in [-0.4, -0.2) is 28.1 Å². The molecule has 2 aromatic carbocycles. The molecule has 0 saturated heterocycles. The molecule has 1 aliphatic rings. The maximum absolute atomic E-state index is 13.4. The second-order valence-corrected chi connectivity index (χ2v) is 8.73. The third-order valence-corrected chi connectivity index (χ3v) is 6.71. The van der Waals surface area contributed by atoms with E-state index in [1.807, 2.05) is 31.2 Å². The van der Waals surface area contributed by atoms with Crippen LogP contribution in [0.3, 0.4) is 0 Å². The number of carbonyl (C=O) groups excluding carboxylic acids is 2. The van der Waals surface area contributed by atoms with E-state index in [4.69, 9.17) is 0 Å². The van der Waals surface area contributed by atoms with Crippen LogP contribution in [0.4, 0.5) is 15.2 Å². The van der Waals surface area contributed by atoms with E-state index in [1.54, 1.807) is 17.9 Å². The van der Waals surface area contributed by atoms with E-state index in [2.05, 4.69) is 10.3 Å². The van der Waals surface area contributed by atoms with Gasteiger partial charge in [0, 0.05) is 11.4 Å². The fourth-order valence-electron chi connectivity index (χ4n) is 3.02. The number of rotatable bonds is 3. The molecule has 5 nitrogen and oxygen atoms in total. The van der Waals surface area contributed by atoms with Crippen LogP contribution >= 0.6 is 23.1 Å². The highest BCUT2D eigenvalue weighted by atomic mass is 32.2. The Morgan fingerprint density at radius 2 is 2.07 bits per heavy atom. The fraction of sp³-hybridized carbons (Fsp3) is 0.211. The Balaban J connectivity index is 1.66. The number of nitrogens with one attached hydrogen (secondary N) is 1. The summed E-state index contributed by atoms with van der Waals surface area (Å²) >= 11 is 2.42. The van der Waals surface area contributed by atoms with Crippen LogP contribution in [-0.2, 0) is 9.59 Å². The first-order valence-corrected chi connectivity index (χ1v) is 10.0. The molecule has 1 N–H and O–H groups in total. The van der Waals surface area contributed by atoms with Crippen molar-refractivity contribution >= 4 is 55.9 Å². The number of nitrogens with zero attached hydrogens (tertiary/aromatic N) is 2. The van der Waals surface area contributed by atoms with Crippen LogP contribution in [0.1, 0.15) is 13.8 Å². The molecule has 138 valence electrons. The van der Waals surface area contributed by atoms with Gasteiger partial charge in [0.25, 0.3) is 11.8 Å². The van der Waals surface area contributed by atoms with Crippen molar-refractivity contribution in [2.24, 2.45) is 0 Å². The van der Waals surface area contributed by atoms with Gasteiger partial charge in [0.05, 0.1) is 15.9 Å². The SMILES string of the molecule is CCN1C(=O)C(C)(C(=O)Nc2nc3ccc(F)cc3s2)Sc2ccccc21. The third kappa shape index (κ3) is 2.98. The number of hydrogen-bond donors (Lipinski definition) is 1. The molecule has 27 heavy (non-hydrogen) atoms. The lowest BCUT2D eigenvalue weighted by molar-refractivity contribution is -0.128. The van der Waals surface area contributed by atoms with Crippen molar-refractivity contribution in [3.05, 3.63) is 48.3 Å². The van der Waals surface area contributed by atoms with Crippen molar-refractivity contribution in [1.82, 2.24) is 4.98 Å². The highest BCUT2D eigenvalue weighted by Gasteiger charge is 2.49. The van der Waals surface area contributed by atoms with Gasteiger partial charge in [0.15, 0.2) is 9.88 Å². The van der Waals surface area contributed by atoms with Gasteiger partial charge >= 0.3 is 0 Å². The monoisotopic (exact) mass is 401 g/mol. The number of aromatic nitrogens is 1. The normalized spacial score (nSPS) is 19.2. The van der Waals surface area contributed by atoms with E-state index in [9.17, 15) is 14.0 Å². The minimum absolute atomic E-state index is 0.265. The van der Waals surface area contributed by atoms with Crippen LogP contribution in [0.5, 0.6) is 0 Å². The zero-order chi connectivity index (χ0) is 19.2. The number of thiazole rings is 1. The molecule has 1 atom stereocenters. The summed E-state index contributed by atoms with van der Waals surface area (Å²) in [4.78, 5) is 32.9. The summed E-state index contributed by atoms with van der Waals surface area (Å²) in [6.45, 7) is 3.98. The minimum Gasteiger partial charge on any atom is -0.310 e. The van der Waals surface area contributed by atoms with E-state index in [1.165, 1.54) is 35.2 Å². The molecule has 1 aromatic heterocycles. The number of carbonyl (C=O) groups is 2. The van der Waals surface area contributed by atoms with Gasteiger partial charge in [-0.15, -0.1) is 0 Å². The van der Waals surface area contributed by atoms with Crippen molar-refractivity contribution in [2.75, 3.05) is 16.8 Å². The predicted octanol–water partition coefficient (Wildman–Crippen LogP) is 4.29. The van der Waals surface area contributed by atoms with Crippen LogP contribution in [0.25, 0.3) is 10.2 Å². The van der Waals surface area contributed by atoms with Gasteiger partial charge < -0.3 is 10.2 Å². The molecule has 2 heterocycles. The number of hydrogen-bond acceptors (Lipinski definition) is 5. The predicted molar refractivity (Wildman–Crippen MR) is 107 cm³/mol. The molecular weight excluding hydrogens is 385 g/mol. The van der Waals surface area contributed by atoms with Gasteiger partial charge in [-0.2, -0.15) is 0 Å². The Hall–Kier alpha value is -2.45. The summed E-state index contributed by atoms with van der Waals surface area (Å²) in [7, 11) is 0. The average Bonchev–Trinajstić information content (AvgIpc) is 3.04. The maximum atomic E-state index is 13.4. The second-order valence-electron chi connectivity index (χ2n) is 6.24. The van der Waals surface area contributed by atoms with Gasteiger partial charge in [-0.05, 0) is 44.2 Å². The number of para-hydroxylation sites is 1. The minimum atomic E-state index is -1.31. The Morgan fingerprint density at radius 3 is 2.85 bits per heavy atom.